The maximum absolute atomic E-state index is 11.0. The molecule has 1 amide bonds. The lowest BCUT2D eigenvalue weighted by molar-refractivity contribution is -0.118. The van der Waals surface area contributed by atoms with Gasteiger partial charge in [-0.15, -0.1) is 0 Å². The summed E-state index contributed by atoms with van der Waals surface area (Å²) in [7, 11) is -13.9. The summed E-state index contributed by atoms with van der Waals surface area (Å²) in [5, 5.41) is 2.19. The van der Waals surface area contributed by atoms with Crippen molar-refractivity contribution in [3.8, 4) is 0 Å². The Morgan fingerprint density at radius 2 is 1.71 bits per heavy atom. The highest BCUT2D eigenvalue weighted by molar-refractivity contribution is 8.36. The van der Waals surface area contributed by atoms with Crippen LogP contribution in [0.4, 0.5) is 0 Å². The third-order valence-electron chi connectivity index (χ3n) is 1.74. The second-order valence-corrected chi connectivity index (χ2v) is 12.9. The van der Waals surface area contributed by atoms with Crippen LogP contribution in [0.5, 0.6) is 0 Å². The lowest BCUT2D eigenvalue weighted by Crippen LogP contribution is -2.25. The van der Waals surface area contributed by atoms with Crippen LogP contribution in [0.3, 0.4) is 0 Å². The lowest BCUT2D eigenvalue weighted by atomic mass is 10.6. The van der Waals surface area contributed by atoms with Crippen molar-refractivity contribution in [1.29, 1.82) is 0 Å². The molecule has 0 aliphatic carbocycles. The summed E-state index contributed by atoms with van der Waals surface area (Å²) in [4.78, 5) is 55.4. The van der Waals surface area contributed by atoms with E-state index in [0.717, 1.165) is 6.92 Å². The van der Waals surface area contributed by atoms with Gasteiger partial charge in [0.15, 0.2) is 5.90 Å². The van der Waals surface area contributed by atoms with Gasteiger partial charge in [0.2, 0.25) is 5.91 Å². The van der Waals surface area contributed by atoms with E-state index in [9.17, 15) is 18.8 Å². The minimum Gasteiger partial charge on any atom is -0.353 e. The summed E-state index contributed by atoms with van der Waals surface area (Å²) in [5.41, 5.74) is 0. The van der Waals surface area contributed by atoms with Crippen molar-refractivity contribution in [2.75, 3.05) is 18.6 Å². The predicted molar refractivity (Wildman–Crippen MR) is 61.6 cm³/mol. The molecule has 0 saturated heterocycles. The number of amides is 1. The molecule has 0 heterocycles. The first-order valence-electron chi connectivity index (χ1n) is 4.32. The quantitative estimate of drug-likeness (QED) is 0.350. The highest BCUT2D eigenvalue weighted by atomic mass is 32.1. The molecule has 0 aromatic carbocycles. The van der Waals surface area contributed by atoms with Crippen molar-refractivity contribution in [2.24, 2.45) is 0 Å². The molecule has 6 N–H and O–H groups in total. The molecule has 0 aliphatic rings. The van der Waals surface area contributed by atoms with Crippen LogP contribution in [0.2, 0.25) is 0 Å². The largest absolute Gasteiger partial charge is 0.494 e. The first-order valence-corrected chi connectivity index (χ1v) is 10.5. The topological polar surface area (TPSA) is 164 Å². The maximum atomic E-state index is 11.0. The van der Waals surface area contributed by atoms with E-state index < -0.39 is 40.0 Å². The zero-order valence-electron chi connectivity index (χ0n) is 8.92. The van der Waals surface area contributed by atoms with Crippen LogP contribution >= 0.6 is 22.1 Å². The van der Waals surface area contributed by atoms with Gasteiger partial charge in [0.05, 0.1) is 6.54 Å². The van der Waals surface area contributed by atoms with Crippen LogP contribution in [0, 0.1) is 0 Å². The van der Waals surface area contributed by atoms with E-state index >= 15 is 0 Å². The Balaban J connectivity index is 4.82. The van der Waals surface area contributed by atoms with Crippen LogP contribution < -0.4 is 5.32 Å². The van der Waals surface area contributed by atoms with Gasteiger partial charge in [0.25, 0.3) is 7.18 Å². The van der Waals surface area contributed by atoms with Gasteiger partial charge >= 0.3 is 14.9 Å². The molecule has 17 heavy (non-hydrogen) atoms. The molecule has 0 aromatic rings. The third-order valence-corrected chi connectivity index (χ3v) is 11.6. The van der Waals surface area contributed by atoms with E-state index in [1.165, 1.54) is 0 Å². The summed E-state index contributed by atoms with van der Waals surface area (Å²) in [6.45, 7) is 0.905. The highest BCUT2D eigenvalue weighted by Crippen LogP contribution is 2.86. The summed E-state index contributed by atoms with van der Waals surface area (Å²) in [6.07, 6.45) is -0.554. The number of rotatable bonds is 6. The van der Waals surface area contributed by atoms with Crippen molar-refractivity contribution < 1.29 is 38.4 Å². The van der Waals surface area contributed by atoms with Crippen LogP contribution in [0.15, 0.2) is 0 Å². The Labute approximate surface area is 97.9 Å². The minimum atomic E-state index is -5.02. The van der Waals surface area contributed by atoms with Gasteiger partial charge in [-0.05, 0) is 0 Å². The molecule has 12 heteroatoms. The monoisotopic (exact) mass is 310 g/mol. The zero-order chi connectivity index (χ0) is 13.9. The highest BCUT2D eigenvalue weighted by Gasteiger charge is 2.58. The number of hydrogen-bond donors (Lipinski definition) is 6. The summed E-state index contributed by atoms with van der Waals surface area (Å²) in [6, 6.07) is 0. The summed E-state index contributed by atoms with van der Waals surface area (Å²) < 4.78 is 21.8. The van der Waals surface area contributed by atoms with Crippen molar-refractivity contribution >= 4 is 28.0 Å². The number of hydrogen-bond acceptors (Lipinski definition) is 4. The fourth-order valence-corrected chi connectivity index (χ4v) is 9.35. The van der Waals surface area contributed by atoms with Gasteiger partial charge in [-0.1, -0.05) is 0 Å². The molecule has 1 unspecified atom stereocenters. The Morgan fingerprint density at radius 1 is 1.24 bits per heavy atom. The molecule has 102 valence electrons. The van der Waals surface area contributed by atoms with Gasteiger partial charge in [-0.3, -0.25) is 19.1 Å². The minimum absolute atomic E-state index is 0.259. The molecular formula is C5H15NO8P3+. The lowest BCUT2D eigenvalue weighted by Gasteiger charge is -2.20. The molecule has 0 radical (unpaired) electrons. The van der Waals surface area contributed by atoms with Crippen LogP contribution in [0.1, 0.15) is 6.92 Å². The van der Waals surface area contributed by atoms with E-state index in [-0.39, 0.29) is 6.54 Å². The van der Waals surface area contributed by atoms with Gasteiger partial charge in [-0.2, -0.15) is 0 Å². The van der Waals surface area contributed by atoms with E-state index in [0.29, 0.717) is 0 Å². The summed E-state index contributed by atoms with van der Waals surface area (Å²) in [5.74, 6) is -1.73. The molecule has 0 saturated carbocycles. The van der Waals surface area contributed by atoms with Crippen LogP contribution in [0.25, 0.3) is 0 Å². The first-order chi connectivity index (χ1) is 7.37. The second kappa shape index (κ2) is 5.87. The summed E-state index contributed by atoms with van der Waals surface area (Å²) >= 11 is 0. The van der Waals surface area contributed by atoms with E-state index in [1.54, 1.807) is 0 Å². The molecular weight excluding hydrogens is 295 g/mol. The maximum Gasteiger partial charge on any atom is 0.494 e. The molecule has 0 aliphatic heterocycles. The molecule has 1 atom stereocenters. The molecule has 9 nitrogen and oxygen atoms in total. The van der Waals surface area contributed by atoms with Crippen LogP contribution in [-0.2, 0) is 13.9 Å². The normalized spacial score (nSPS) is 16.4. The van der Waals surface area contributed by atoms with E-state index in [2.05, 4.69) is 5.32 Å². The van der Waals surface area contributed by atoms with Gasteiger partial charge in [0, 0.05) is 6.92 Å². The zero-order valence-corrected chi connectivity index (χ0v) is 11.6. The average molecular weight is 310 g/mol. The predicted octanol–water partition coefficient (Wildman–Crippen LogP) is -0.725. The number of carbonyl (C=O) groups is 1. The molecule has 0 rings (SSSR count). The SMILES string of the molecule is CC(=O)NCC[P+](O)(CP(=O)(O)O)P(=O)(O)O. The number of nitrogens with one attached hydrogen (secondary N) is 1. The fraction of sp³-hybridized carbons (Fsp3) is 0.800. The fourth-order valence-electron chi connectivity index (χ4n) is 0.989. The van der Waals surface area contributed by atoms with Gasteiger partial charge < -0.3 is 15.1 Å². The van der Waals surface area contributed by atoms with E-state index in [4.69, 9.17) is 19.6 Å². The third kappa shape index (κ3) is 6.60. The first kappa shape index (κ1) is 17.2. The Morgan fingerprint density at radius 3 is 2.00 bits per heavy atom. The van der Waals surface area contributed by atoms with E-state index in [1.807, 2.05) is 0 Å². The van der Waals surface area contributed by atoms with Crippen molar-refractivity contribution in [3.05, 3.63) is 0 Å². The van der Waals surface area contributed by atoms with Crippen molar-refractivity contribution in [1.82, 2.24) is 5.32 Å². The average Bonchev–Trinajstić information content (AvgIpc) is 1.96. The molecule has 0 fully saturated rings. The van der Waals surface area contributed by atoms with Gasteiger partial charge in [0.1, 0.15) is 6.16 Å². The second-order valence-electron chi connectivity index (χ2n) is 3.40. The van der Waals surface area contributed by atoms with Crippen molar-refractivity contribution in [2.45, 2.75) is 6.92 Å². The Hall–Kier alpha value is 0.160. The standard InChI is InChI=1S/C5H14NO8P3/c1-5(7)6-2-3-15(8,17(12,13)14)4-16(9,10)11/h8H,2-4H2,1H3,(H4-,6,7,9,10,11,12,13,14)/p+1. The molecule has 0 bridgehead atoms. The Bertz CT molecular complexity index is 373. The molecule has 0 aromatic heterocycles. The van der Waals surface area contributed by atoms with Gasteiger partial charge in [-0.25, -0.2) is 9.46 Å². The smallest absolute Gasteiger partial charge is 0.353 e. The molecule has 0 spiro atoms. The van der Waals surface area contributed by atoms with Crippen LogP contribution in [-0.4, -0.2) is 49.0 Å². The van der Waals surface area contributed by atoms with Crippen molar-refractivity contribution in [3.63, 3.8) is 0 Å². The Kier molecular flexibility index (Phi) is 5.92. The number of carbonyl (C=O) groups excluding carboxylic acids is 1.